The summed E-state index contributed by atoms with van der Waals surface area (Å²) in [6, 6.07) is 12.5. The first kappa shape index (κ1) is 22.0. The Morgan fingerprint density at radius 3 is 2.41 bits per heavy atom. The maximum Gasteiger partial charge on any atom is 0.416 e. The predicted octanol–water partition coefficient (Wildman–Crippen LogP) is 5.23. The van der Waals surface area contributed by atoms with Crippen molar-refractivity contribution in [1.29, 1.82) is 0 Å². The first-order chi connectivity index (χ1) is 15.3. The molecule has 1 aromatic carbocycles. The second kappa shape index (κ2) is 9.09. The Labute approximate surface area is 187 Å². The van der Waals surface area contributed by atoms with Crippen molar-refractivity contribution in [3.05, 3.63) is 88.8 Å². The van der Waals surface area contributed by atoms with E-state index in [1.54, 1.807) is 23.3 Å². The van der Waals surface area contributed by atoms with E-state index in [-0.39, 0.29) is 0 Å². The standard InChI is InChI=1S/C22H20F3N5OS/c1-28(13-16-4-6-18(7-5-16)22(23,24)25)15-30-21(32)29(14-19-3-2-12-31-19)20(27-30)17-8-10-26-11-9-17/h2-12H,13-15H2,1H3. The summed E-state index contributed by atoms with van der Waals surface area (Å²) in [5.41, 5.74) is 0.961. The summed E-state index contributed by atoms with van der Waals surface area (Å²) >= 11 is 5.68. The lowest BCUT2D eigenvalue weighted by Gasteiger charge is -2.17. The zero-order chi connectivity index (χ0) is 22.7. The molecule has 4 rings (SSSR count). The highest BCUT2D eigenvalue weighted by atomic mass is 32.1. The van der Waals surface area contributed by atoms with Crippen LogP contribution < -0.4 is 0 Å². The number of nitrogens with zero attached hydrogens (tertiary/aromatic N) is 5. The van der Waals surface area contributed by atoms with Crippen LogP contribution in [-0.2, 0) is 25.9 Å². The number of benzene rings is 1. The summed E-state index contributed by atoms with van der Waals surface area (Å²) in [6.07, 6.45) is 0.631. The van der Waals surface area contributed by atoms with Crippen LogP contribution in [-0.4, -0.2) is 31.3 Å². The molecule has 32 heavy (non-hydrogen) atoms. The minimum atomic E-state index is -4.35. The number of hydrogen-bond acceptors (Lipinski definition) is 5. The number of halogens is 3. The molecule has 0 radical (unpaired) electrons. The molecule has 0 spiro atoms. The van der Waals surface area contributed by atoms with Crippen LogP contribution in [0, 0.1) is 4.77 Å². The fourth-order valence-corrected chi connectivity index (χ4v) is 3.59. The van der Waals surface area contributed by atoms with E-state index in [9.17, 15) is 13.2 Å². The molecule has 0 saturated heterocycles. The predicted molar refractivity (Wildman–Crippen MR) is 115 cm³/mol. The fraction of sp³-hybridized carbons (Fsp3) is 0.227. The van der Waals surface area contributed by atoms with E-state index >= 15 is 0 Å². The van der Waals surface area contributed by atoms with E-state index in [1.165, 1.54) is 12.1 Å². The lowest BCUT2D eigenvalue weighted by molar-refractivity contribution is -0.137. The van der Waals surface area contributed by atoms with Crippen molar-refractivity contribution in [3.8, 4) is 11.4 Å². The molecule has 3 heterocycles. The summed E-state index contributed by atoms with van der Waals surface area (Å²) < 4.78 is 47.9. The Bertz CT molecular complexity index is 1220. The lowest BCUT2D eigenvalue weighted by atomic mass is 10.1. The van der Waals surface area contributed by atoms with Gasteiger partial charge in [0.1, 0.15) is 5.76 Å². The summed E-state index contributed by atoms with van der Waals surface area (Å²) in [4.78, 5) is 5.98. The summed E-state index contributed by atoms with van der Waals surface area (Å²) in [5.74, 6) is 1.42. The Kier molecular flexibility index (Phi) is 6.24. The molecule has 0 unspecified atom stereocenters. The van der Waals surface area contributed by atoms with Gasteiger partial charge in [0, 0.05) is 24.5 Å². The van der Waals surface area contributed by atoms with Gasteiger partial charge in [-0.15, -0.1) is 0 Å². The third kappa shape index (κ3) is 4.97. The smallest absolute Gasteiger partial charge is 0.416 e. The van der Waals surface area contributed by atoms with Crippen LogP contribution in [0.5, 0.6) is 0 Å². The van der Waals surface area contributed by atoms with Gasteiger partial charge in [-0.3, -0.25) is 14.5 Å². The van der Waals surface area contributed by atoms with Gasteiger partial charge in [0.25, 0.3) is 0 Å². The van der Waals surface area contributed by atoms with Crippen LogP contribution in [0.1, 0.15) is 16.9 Å². The van der Waals surface area contributed by atoms with E-state index in [1.807, 2.05) is 40.8 Å². The molecular formula is C22H20F3N5OS. The number of alkyl halides is 3. The van der Waals surface area contributed by atoms with Gasteiger partial charge in [-0.05, 0) is 61.2 Å². The van der Waals surface area contributed by atoms with E-state index in [2.05, 4.69) is 4.98 Å². The maximum absolute atomic E-state index is 12.8. The minimum absolute atomic E-state index is 0.364. The van der Waals surface area contributed by atoms with Crippen LogP contribution in [0.15, 0.2) is 71.6 Å². The van der Waals surface area contributed by atoms with Crippen LogP contribution in [0.3, 0.4) is 0 Å². The molecule has 0 amide bonds. The molecule has 0 aliphatic heterocycles. The number of rotatable bonds is 7. The topological polar surface area (TPSA) is 52.0 Å². The molecule has 166 valence electrons. The van der Waals surface area contributed by atoms with Crippen molar-refractivity contribution in [1.82, 2.24) is 24.2 Å². The van der Waals surface area contributed by atoms with Crippen LogP contribution in [0.2, 0.25) is 0 Å². The van der Waals surface area contributed by atoms with E-state index < -0.39 is 11.7 Å². The molecule has 0 N–H and O–H groups in total. The highest BCUT2D eigenvalue weighted by molar-refractivity contribution is 7.71. The summed E-state index contributed by atoms with van der Waals surface area (Å²) in [5, 5.41) is 4.70. The van der Waals surface area contributed by atoms with E-state index in [0.29, 0.717) is 30.4 Å². The Morgan fingerprint density at radius 2 is 1.78 bits per heavy atom. The highest BCUT2D eigenvalue weighted by Crippen LogP contribution is 2.29. The maximum atomic E-state index is 12.8. The average Bonchev–Trinajstić information content (AvgIpc) is 3.38. The Hall–Kier alpha value is -3.24. The van der Waals surface area contributed by atoms with Crippen LogP contribution in [0.4, 0.5) is 13.2 Å². The minimum Gasteiger partial charge on any atom is -0.467 e. The monoisotopic (exact) mass is 459 g/mol. The van der Waals surface area contributed by atoms with Gasteiger partial charge in [-0.25, -0.2) is 4.68 Å². The molecule has 0 saturated carbocycles. The number of pyridine rings is 1. The van der Waals surface area contributed by atoms with Crippen LogP contribution in [0.25, 0.3) is 11.4 Å². The van der Waals surface area contributed by atoms with Crippen molar-refractivity contribution < 1.29 is 17.6 Å². The molecule has 10 heteroatoms. The molecule has 0 bridgehead atoms. The largest absolute Gasteiger partial charge is 0.467 e. The zero-order valence-corrected chi connectivity index (χ0v) is 18.0. The number of aromatic nitrogens is 4. The molecule has 6 nitrogen and oxygen atoms in total. The highest BCUT2D eigenvalue weighted by Gasteiger charge is 2.29. The first-order valence-electron chi connectivity index (χ1n) is 9.76. The lowest BCUT2D eigenvalue weighted by Crippen LogP contribution is -2.22. The third-order valence-corrected chi connectivity index (χ3v) is 5.30. The fourth-order valence-electron chi connectivity index (χ4n) is 3.34. The van der Waals surface area contributed by atoms with Gasteiger partial charge >= 0.3 is 6.18 Å². The zero-order valence-electron chi connectivity index (χ0n) is 17.2. The second-order valence-corrected chi connectivity index (χ2v) is 7.72. The normalized spacial score (nSPS) is 11.9. The Balaban J connectivity index is 1.56. The summed E-state index contributed by atoms with van der Waals surface area (Å²) in [6.45, 7) is 1.23. The van der Waals surface area contributed by atoms with E-state index in [0.717, 1.165) is 29.0 Å². The molecule has 0 fully saturated rings. The SMILES string of the molecule is CN(Cc1ccc(C(F)(F)F)cc1)Cn1nc(-c2ccncc2)n(Cc2ccco2)c1=S. The molecule has 4 aromatic rings. The van der Waals surface area contributed by atoms with Crippen molar-refractivity contribution >= 4 is 12.2 Å². The number of hydrogen-bond donors (Lipinski definition) is 0. The molecule has 0 atom stereocenters. The molecule has 0 aliphatic rings. The van der Waals surface area contributed by atoms with Crippen molar-refractivity contribution in [2.45, 2.75) is 25.9 Å². The quantitative estimate of drug-likeness (QED) is 0.355. The molecule has 0 aliphatic carbocycles. The van der Waals surface area contributed by atoms with Gasteiger partial charge in [-0.2, -0.15) is 18.3 Å². The van der Waals surface area contributed by atoms with Crippen molar-refractivity contribution in [3.63, 3.8) is 0 Å². The second-order valence-electron chi connectivity index (χ2n) is 7.36. The van der Waals surface area contributed by atoms with Crippen LogP contribution >= 0.6 is 12.2 Å². The van der Waals surface area contributed by atoms with Gasteiger partial charge < -0.3 is 4.42 Å². The Morgan fingerprint density at radius 1 is 1.06 bits per heavy atom. The summed E-state index contributed by atoms with van der Waals surface area (Å²) in [7, 11) is 1.86. The molecular weight excluding hydrogens is 439 g/mol. The van der Waals surface area contributed by atoms with Gasteiger partial charge in [-0.1, -0.05) is 12.1 Å². The molecule has 3 aromatic heterocycles. The third-order valence-electron chi connectivity index (χ3n) is 4.86. The van der Waals surface area contributed by atoms with E-state index in [4.69, 9.17) is 21.7 Å². The van der Waals surface area contributed by atoms with Gasteiger partial charge in [0.05, 0.1) is 25.0 Å². The van der Waals surface area contributed by atoms with Gasteiger partial charge in [0.15, 0.2) is 10.6 Å². The van der Waals surface area contributed by atoms with Gasteiger partial charge in [0.2, 0.25) is 0 Å². The van der Waals surface area contributed by atoms with Crippen molar-refractivity contribution in [2.75, 3.05) is 7.05 Å². The first-order valence-corrected chi connectivity index (χ1v) is 10.2. The average molecular weight is 459 g/mol. The number of furan rings is 1. The van der Waals surface area contributed by atoms with Crippen molar-refractivity contribution in [2.24, 2.45) is 0 Å².